The molecule has 0 radical (unpaired) electrons. The Bertz CT molecular complexity index is 1200. The molecular weight excluding hydrogens is 477 g/mol. The molecule has 1 fully saturated rings. The molecule has 188 valence electrons. The monoisotopic (exact) mass is 500 g/mol. The maximum absolute atomic E-state index is 12.9. The summed E-state index contributed by atoms with van der Waals surface area (Å²) < 4.78 is 48.0. The smallest absolute Gasteiger partial charge is 0.404 e. The number of hydrogen-bond acceptors (Lipinski definition) is 6. The summed E-state index contributed by atoms with van der Waals surface area (Å²) >= 11 is 0. The summed E-state index contributed by atoms with van der Waals surface area (Å²) in [6.45, 7) is 1.96. The van der Waals surface area contributed by atoms with Crippen molar-refractivity contribution in [3.05, 3.63) is 72.6 Å². The summed E-state index contributed by atoms with van der Waals surface area (Å²) in [5.41, 5.74) is 2.09. The van der Waals surface area contributed by atoms with Gasteiger partial charge in [0, 0.05) is 36.7 Å². The Labute approximate surface area is 205 Å². The zero-order valence-electron chi connectivity index (χ0n) is 19.0. The first-order valence-corrected chi connectivity index (χ1v) is 11.1. The van der Waals surface area contributed by atoms with Gasteiger partial charge in [0.1, 0.15) is 0 Å². The molecule has 3 aromatic rings. The second kappa shape index (κ2) is 11.2. The molecule has 1 aliphatic rings. The number of benzene rings is 2. The average molecular weight is 500 g/mol. The van der Waals surface area contributed by atoms with Crippen LogP contribution < -0.4 is 15.4 Å². The van der Waals surface area contributed by atoms with Crippen molar-refractivity contribution in [2.24, 2.45) is 0 Å². The SMILES string of the molecule is O=C(CN1CCOCC1)Nc1cc(C(=O)Nc2ccc(-c3cccnc3)cc2)ccc1OC(F)(F)F. The van der Waals surface area contributed by atoms with Gasteiger partial charge in [-0.1, -0.05) is 18.2 Å². The Morgan fingerprint density at radius 1 is 1.00 bits per heavy atom. The maximum Gasteiger partial charge on any atom is 0.573 e. The second-order valence-electron chi connectivity index (χ2n) is 7.97. The third-order valence-electron chi connectivity index (χ3n) is 5.35. The van der Waals surface area contributed by atoms with Crippen molar-refractivity contribution >= 4 is 23.2 Å². The van der Waals surface area contributed by atoms with Crippen LogP contribution in [0.3, 0.4) is 0 Å². The molecule has 0 saturated carbocycles. The van der Waals surface area contributed by atoms with E-state index in [4.69, 9.17) is 4.74 Å². The molecule has 11 heteroatoms. The Hall–Kier alpha value is -3.96. The number of anilines is 2. The highest BCUT2D eigenvalue weighted by molar-refractivity contribution is 6.06. The molecule has 0 bridgehead atoms. The number of carbonyl (C=O) groups is 2. The van der Waals surface area contributed by atoms with E-state index in [1.54, 1.807) is 24.5 Å². The van der Waals surface area contributed by atoms with Crippen LogP contribution in [-0.2, 0) is 9.53 Å². The minimum absolute atomic E-state index is 0.0332. The summed E-state index contributed by atoms with van der Waals surface area (Å²) in [6.07, 6.45) is -1.58. The number of nitrogens with one attached hydrogen (secondary N) is 2. The number of nitrogens with zero attached hydrogens (tertiary/aromatic N) is 2. The van der Waals surface area contributed by atoms with E-state index in [0.717, 1.165) is 23.3 Å². The molecule has 36 heavy (non-hydrogen) atoms. The molecule has 1 aliphatic heterocycles. The molecule has 2 amide bonds. The Kier molecular flexibility index (Phi) is 7.81. The van der Waals surface area contributed by atoms with Gasteiger partial charge in [0.25, 0.3) is 5.91 Å². The van der Waals surface area contributed by atoms with Crippen LogP contribution in [0.25, 0.3) is 11.1 Å². The molecule has 0 aliphatic carbocycles. The Morgan fingerprint density at radius 2 is 1.75 bits per heavy atom. The Morgan fingerprint density at radius 3 is 2.42 bits per heavy atom. The van der Waals surface area contributed by atoms with E-state index in [1.807, 2.05) is 29.2 Å². The highest BCUT2D eigenvalue weighted by Gasteiger charge is 2.32. The standard InChI is InChI=1S/C25H23F3N4O4/c26-25(27,28)36-22-8-5-18(14-21(22)31-23(33)16-32-10-12-35-13-11-32)24(34)30-20-6-3-17(4-7-20)19-2-1-9-29-15-19/h1-9,14-15H,10-13,16H2,(H,30,34)(H,31,33). The van der Waals surface area contributed by atoms with Crippen molar-refractivity contribution in [3.63, 3.8) is 0 Å². The molecule has 0 spiro atoms. The van der Waals surface area contributed by atoms with E-state index >= 15 is 0 Å². The largest absolute Gasteiger partial charge is 0.573 e. The van der Waals surface area contributed by atoms with Crippen LogP contribution in [0, 0.1) is 0 Å². The maximum atomic E-state index is 12.9. The number of pyridine rings is 1. The fraction of sp³-hybridized carbons (Fsp3) is 0.240. The summed E-state index contributed by atoms with van der Waals surface area (Å²) in [7, 11) is 0. The predicted octanol–water partition coefficient (Wildman–Crippen LogP) is 4.17. The molecule has 4 rings (SSSR count). The molecular formula is C25H23F3N4O4. The van der Waals surface area contributed by atoms with Crippen molar-refractivity contribution in [1.82, 2.24) is 9.88 Å². The van der Waals surface area contributed by atoms with E-state index in [1.165, 1.54) is 6.07 Å². The Balaban J connectivity index is 1.48. The zero-order chi connectivity index (χ0) is 25.5. The van der Waals surface area contributed by atoms with Gasteiger partial charge in [-0.25, -0.2) is 0 Å². The molecule has 1 saturated heterocycles. The first-order chi connectivity index (χ1) is 17.3. The van der Waals surface area contributed by atoms with Crippen LogP contribution >= 0.6 is 0 Å². The number of halogens is 3. The zero-order valence-corrected chi connectivity index (χ0v) is 19.0. The lowest BCUT2D eigenvalue weighted by Crippen LogP contribution is -2.41. The molecule has 8 nitrogen and oxygen atoms in total. The molecule has 2 N–H and O–H groups in total. The van der Waals surface area contributed by atoms with Gasteiger partial charge < -0.3 is 20.1 Å². The average Bonchev–Trinajstić information content (AvgIpc) is 2.86. The first kappa shape index (κ1) is 25.1. The van der Waals surface area contributed by atoms with Crippen LogP contribution in [0.4, 0.5) is 24.5 Å². The summed E-state index contributed by atoms with van der Waals surface area (Å²) in [5, 5.41) is 5.13. The van der Waals surface area contributed by atoms with E-state index in [-0.39, 0.29) is 17.8 Å². The quantitative estimate of drug-likeness (QED) is 0.506. The van der Waals surface area contributed by atoms with Gasteiger partial charge in [0.05, 0.1) is 25.4 Å². The first-order valence-electron chi connectivity index (χ1n) is 11.1. The highest BCUT2D eigenvalue weighted by atomic mass is 19.4. The van der Waals surface area contributed by atoms with Gasteiger partial charge in [-0.05, 0) is 47.5 Å². The fourth-order valence-electron chi connectivity index (χ4n) is 3.62. The van der Waals surface area contributed by atoms with Crippen LogP contribution in [0.15, 0.2) is 67.0 Å². The molecule has 1 aromatic heterocycles. The van der Waals surface area contributed by atoms with E-state index < -0.39 is 23.9 Å². The minimum atomic E-state index is -4.97. The van der Waals surface area contributed by atoms with Gasteiger partial charge in [-0.15, -0.1) is 13.2 Å². The normalized spacial score (nSPS) is 14.2. The summed E-state index contributed by atoms with van der Waals surface area (Å²) in [4.78, 5) is 31.2. The minimum Gasteiger partial charge on any atom is -0.404 e. The van der Waals surface area contributed by atoms with E-state index in [0.29, 0.717) is 32.0 Å². The number of amides is 2. The van der Waals surface area contributed by atoms with Crippen molar-refractivity contribution in [2.75, 3.05) is 43.5 Å². The number of rotatable bonds is 7. The van der Waals surface area contributed by atoms with Gasteiger partial charge in [0.2, 0.25) is 5.91 Å². The van der Waals surface area contributed by atoms with Crippen molar-refractivity contribution in [3.8, 4) is 16.9 Å². The number of ether oxygens (including phenoxy) is 2. The third-order valence-corrected chi connectivity index (χ3v) is 5.35. The number of carbonyl (C=O) groups excluding carboxylic acids is 2. The predicted molar refractivity (Wildman–Crippen MR) is 127 cm³/mol. The lowest BCUT2D eigenvalue weighted by Gasteiger charge is -2.26. The summed E-state index contributed by atoms with van der Waals surface area (Å²) in [6, 6.07) is 14.1. The summed E-state index contributed by atoms with van der Waals surface area (Å²) in [5.74, 6) is -1.71. The van der Waals surface area contributed by atoms with E-state index in [9.17, 15) is 22.8 Å². The highest BCUT2D eigenvalue weighted by Crippen LogP contribution is 2.31. The number of morpholine rings is 1. The lowest BCUT2D eigenvalue weighted by molar-refractivity contribution is -0.274. The second-order valence-corrected chi connectivity index (χ2v) is 7.97. The van der Waals surface area contributed by atoms with Crippen molar-refractivity contribution < 1.29 is 32.2 Å². The van der Waals surface area contributed by atoms with Crippen LogP contribution in [0.5, 0.6) is 5.75 Å². The van der Waals surface area contributed by atoms with Gasteiger partial charge >= 0.3 is 6.36 Å². The van der Waals surface area contributed by atoms with Crippen molar-refractivity contribution in [1.29, 1.82) is 0 Å². The van der Waals surface area contributed by atoms with Crippen LogP contribution in [0.2, 0.25) is 0 Å². The van der Waals surface area contributed by atoms with Crippen LogP contribution in [0.1, 0.15) is 10.4 Å². The number of hydrogen-bond donors (Lipinski definition) is 2. The van der Waals surface area contributed by atoms with Gasteiger partial charge in [-0.2, -0.15) is 0 Å². The topological polar surface area (TPSA) is 92.8 Å². The molecule has 2 heterocycles. The number of aromatic nitrogens is 1. The molecule has 0 atom stereocenters. The fourth-order valence-corrected chi connectivity index (χ4v) is 3.62. The van der Waals surface area contributed by atoms with Crippen LogP contribution in [-0.4, -0.2) is 60.9 Å². The van der Waals surface area contributed by atoms with Gasteiger partial charge in [0.15, 0.2) is 5.75 Å². The van der Waals surface area contributed by atoms with E-state index in [2.05, 4.69) is 20.4 Å². The lowest BCUT2D eigenvalue weighted by atomic mass is 10.1. The molecule has 0 unspecified atom stereocenters. The number of alkyl halides is 3. The van der Waals surface area contributed by atoms with Crippen molar-refractivity contribution in [2.45, 2.75) is 6.36 Å². The third kappa shape index (κ3) is 7.03. The van der Waals surface area contributed by atoms with Gasteiger partial charge in [-0.3, -0.25) is 19.5 Å². The molecule has 2 aromatic carbocycles.